The molecule has 28 heavy (non-hydrogen) atoms. The number of rotatable bonds is 4. The van der Waals surface area contributed by atoms with Gasteiger partial charge in [-0.1, -0.05) is 18.2 Å². The summed E-state index contributed by atoms with van der Waals surface area (Å²) in [6.45, 7) is 1.07. The smallest absolute Gasteiger partial charge is 0.325 e. The highest BCUT2D eigenvalue weighted by Gasteiger charge is 2.51. The van der Waals surface area contributed by atoms with Crippen LogP contribution in [0.4, 0.5) is 9.80 Å². The molecule has 1 aromatic carbocycles. The van der Waals surface area contributed by atoms with Crippen LogP contribution in [0.2, 0.25) is 0 Å². The SMILES string of the molecule is CC1(c2cc3ccccc3o2)NC(=O)N(CC(=O)Nc2sccc2C#N)C1=O. The number of hydrogen-bond donors (Lipinski definition) is 2. The molecular formula is C19H14N4O4S. The number of carbonyl (C=O) groups excluding carboxylic acids is 3. The third kappa shape index (κ3) is 2.80. The number of anilines is 1. The molecule has 1 unspecified atom stereocenters. The predicted molar refractivity (Wildman–Crippen MR) is 101 cm³/mol. The largest absolute Gasteiger partial charge is 0.458 e. The summed E-state index contributed by atoms with van der Waals surface area (Å²) >= 11 is 1.19. The maximum Gasteiger partial charge on any atom is 0.325 e. The number of urea groups is 1. The van der Waals surface area contributed by atoms with Crippen LogP contribution in [-0.4, -0.2) is 29.3 Å². The number of carbonyl (C=O) groups is 3. The number of para-hydroxylation sites is 1. The summed E-state index contributed by atoms with van der Waals surface area (Å²) in [4.78, 5) is 38.4. The fraction of sp³-hybridized carbons (Fsp3) is 0.158. The topological polar surface area (TPSA) is 115 Å². The van der Waals surface area contributed by atoms with E-state index in [0.717, 1.165) is 10.3 Å². The van der Waals surface area contributed by atoms with Crippen LogP contribution in [0.5, 0.6) is 0 Å². The number of imide groups is 1. The van der Waals surface area contributed by atoms with Gasteiger partial charge in [0.2, 0.25) is 5.91 Å². The lowest BCUT2D eigenvalue weighted by Gasteiger charge is -2.18. The van der Waals surface area contributed by atoms with E-state index in [-0.39, 0.29) is 0 Å². The van der Waals surface area contributed by atoms with Crippen molar-refractivity contribution in [2.45, 2.75) is 12.5 Å². The molecule has 140 valence electrons. The van der Waals surface area contributed by atoms with Crippen LogP contribution in [-0.2, 0) is 15.1 Å². The van der Waals surface area contributed by atoms with Crippen molar-refractivity contribution in [2.75, 3.05) is 11.9 Å². The van der Waals surface area contributed by atoms with Gasteiger partial charge < -0.3 is 15.1 Å². The quantitative estimate of drug-likeness (QED) is 0.660. The molecule has 1 fully saturated rings. The van der Waals surface area contributed by atoms with Gasteiger partial charge in [-0.15, -0.1) is 11.3 Å². The van der Waals surface area contributed by atoms with Gasteiger partial charge >= 0.3 is 6.03 Å². The van der Waals surface area contributed by atoms with E-state index in [1.807, 2.05) is 24.3 Å². The molecule has 4 amide bonds. The molecule has 1 aliphatic rings. The zero-order valence-electron chi connectivity index (χ0n) is 14.7. The van der Waals surface area contributed by atoms with Crippen molar-refractivity contribution in [3.63, 3.8) is 0 Å². The zero-order valence-corrected chi connectivity index (χ0v) is 15.5. The van der Waals surface area contributed by atoms with Crippen molar-refractivity contribution < 1.29 is 18.8 Å². The van der Waals surface area contributed by atoms with Gasteiger partial charge in [0, 0.05) is 5.39 Å². The Labute approximate surface area is 163 Å². The summed E-state index contributed by atoms with van der Waals surface area (Å²) in [7, 11) is 0. The highest BCUT2D eigenvalue weighted by atomic mass is 32.1. The van der Waals surface area contributed by atoms with Crippen LogP contribution < -0.4 is 10.6 Å². The second-order valence-corrected chi connectivity index (χ2v) is 7.33. The first-order valence-electron chi connectivity index (χ1n) is 8.33. The van der Waals surface area contributed by atoms with Gasteiger partial charge in [0.15, 0.2) is 5.54 Å². The number of nitriles is 1. The van der Waals surface area contributed by atoms with Crippen LogP contribution in [0.1, 0.15) is 18.2 Å². The number of nitrogens with one attached hydrogen (secondary N) is 2. The highest BCUT2D eigenvalue weighted by Crippen LogP contribution is 2.33. The lowest BCUT2D eigenvalue weighted by Crippen LogP contribution is -2.41. The number of thiophene rings is 1. The maximum absolute atomic E-state index is 12.9. The molecule has 0 saturated carbocycles. The molecule has 1 atom stereocenters. The molecule has 0 bridgehead atoms. The first-order valence-corrected chi connectivity index (χ1v) is 9.21. The van der Waals surface area contributed by atoms with Gasteiger partial charge in [0.1, 0.15) is 29.0 Å². The van der Waals surface area contributed by atoms with Crippen LogP contribution in [0.15, 0.2) is 46.2 Å². The Bertz CT molecular complexity index is 1130. The number of amides is 4. The van der Waals surface area contributed by atoms with Crippen molar-refractivity contribution >= 4 is 45.2 Å². The Balaban J connectivity index is 1.55. The molecule has 2 N–H and O–H groups in total. The summed E-state index contributed by atoms with van der Waals surface area (Å²) in [6, 6.07) is 11.8. The van der Waals surface area contributed by atoms with Crippen LogP contribution in [0, 0.1) is 11.3 Å². The summed E-state index contributed by atoms with van der Waals surface area (Å²) < 4.78 is 5.75. The Morgan fingerprint density at radius 3 is 2.89 bits per heavy atom. The minimum absolute atomic E-state index is 0.292. The van der Waals surface area contributed by atoms with E-state index in [0.29, 0.717) is 21.9 Å². The monoisotopic (exact) mass is 394 g/mol. The van der Waals surface area contributed by atoms with Gasteiger partial charge in [0.25, 0.3) is 5.91 Å². The molecule has 0 aliphatic carbocycles. The zero-order chi connectivity index (χ0) is 19.9. The summed E-state index contributed by atoms with van der Waals surface area (Å²) in [5, 5.41) is 17.0. The van der Waals surface area contributed by atoms with Crippen molar-refractivity contribution in [1.82, 2.24) is 10.2 Å². The van der Waals surface area contributed by atoms with Gasteiger partial charge in [-0.2, -0.15) is 5.26 Å². The van der Waals surface area contributed by atoms with Crippen molar-refractivity contribution in [1.29, 1.82) is 5.26 Å². The van der Waals surface area contributed by atoms with E-state index in [4.69, 9.17) is 9.68 Å². The van der Waals surface area contributed by atoms with E-state index < -0.39 is 29.9 Å². The molecule has 2 aromatic heterocycles. The summed E-state index contributed by atoms with van der Waals surface area (Å²) in [5.41, 5.74) is -0.488. The average Bonchev–Trinajstić information content (AvgIpc) is 3.35. The molecule has 0 radical (unpaired) electrons. The highest BCUT2D eigenvalue weighted by molar-refractivity contribution is 7.14. The van der Waals surface area contributed by atoms with Crippen molar-refractivity contribution in [3.05, 3.63) is 53.1 Å². The Morgan fingerprint density at radius 2 is 2.14 bits per heavy atom. The second-order valence-electron chi connectivity index (χ2n) is 6.42. The summed E-state index contributed by atoms with van der Waals surface area (Å²) in [6.07, 6.45) is 0. The van der Waals surface area contributed by atoms with E-state index in [2.05, 4.69) is 10.6 Å². The number of furan rings is 1. The maximum atomic E-state index is 12.9. The molecule has 3 heterocycles. The number of benzene rings is 1. The minimum atomic E-state index is -1.41. The molecule has 8 nitrogen and oxygen atoms in total. The van der Waals surface area contributed by atoms with E-state index >= 15 is 0 Å². The number of hydrogen-bond acceptors (Lipinski definition) is 6. The van der Waals surface area contributed by atoms with Gasteiger partial charge in [-0.3, -0.25) is 14.5 Å². The van der Waals surface area contributed by atoms with Crippen molar-refractivity contribution in [2.24, 2.45) is 0 Å². The fourth-order valence-corrected chi connectivity index (χ4v) is 3.79. The van der Waals surface area contributed by atoms with E-state index in [9.17, 15) is 14.4 Å². The van der Waals surface area contributed by atoms with E-state index in [1.54, 1.807) is 23.6 Å². The molecule has 4 rings (SSSR count). The molecule has 3 aromatic rings. The van der Waals surface area contributed by atoms with Crippen LogP contribution >= 0.6 is 11.3 Å². The third-order valence-corrected chi connectivity index (χ3v) is 5.36. The van der Waals surface area contributed by atoms with E-state index in [1.165, 1.54) is 18.3 Å². The first kappa shape index (κ1) is 17.8. The standard InChI is InChI=1S/C19H14N4O4S/c1-19(14-8-11-4-2-3-5-13(11)27-14)17(25)23(18(26)22-19)10-15(24)21-16-12(9-20)6-7-28-16/h2-8H,10H2,1H3,(H,21,24)(H,22,26). The number of fused-ring (bicyclic) bond motifs is 1. The molecule has 9 heteroatoms. The molecule has 1 saturated heterocycles. The Hall–Kier alpha value is -3.64. The lowest BCUT2D eigenvalue weighted by molar-refractivity contribution is -0.134. The first-order chi connectivity index (χ1) is 13.4. The second kappa shape index (κ2) is 6.51. The average molecular weight is 394 g/mol. The molecular weight excluding hydrogens is 380 g/mol. The summed E-state index contributed by atoms with van der Waals surface area (Å²) in [5.74, 6) is -0.866. The molecule has 1 aliphatic heterocycles. The van der Waals surface area contributed by atoms with Crippen LogP contribution in [0.3, 0.4) is 0 Å². The third-order valence-electron chi connectivity index (χ3n) is 4.53. The Morgan fingerprint density at radius 1 is 1.36 bits per heavy atom. The predicted octanol–water partition coefficient (Wildman–Crippen LogP) is 2.77. The van der Waals surface area contributed by atoms with Gasteiger partial charge in [-0.05, 0) is 30.5 Å². The lowest BCUT2D eigenvalue weighted by atomic mass is 9.99. The number of nitrogens with zero attached hydrogens (tertiary/aromatic N) is 2. The normalized spacial score (nSPS) is 18.9. The molecule has 0 spiro atoms. The van der Waals surface area contributed by atoms with Gasteiger partial charge in [-0.25, -0.2) is 4.79 Å². The Kier molecular flexibility index (Phi) is 4.13. The minimum Gasteiger partial charge on any atom is -0.458 e. The van der Waals surface area contributed by atoms with Crippen LogP contribution in [0.25, 0.3) is 11.0 Å². The fourth-order valence-electron chi connectivity index (χ4n) is 3.04. The van der Waals surface area contributed by atoms with Gasteiger partial charge in [0.05, 0.1) is 5.56 Å². The van der Waals surface area contributed by atoms with Crippen molar-refractivity contribution in [3.8, 4) is 6.07 Å².